The second kappa shape index (κ2) is 8.68. The summed E-state index contributed by atoms with van der Waals surface area (Å²) in [5.41, 5.74) is 0.961. The molecule has 1 amide bonds. The van der Waals surface area contributed by atoms with Crippen molar-refractivity contribution in [3.63, 3.8) is 0 Å². The van der Waals surface area contributed by atoms with E-state index in [1.54, 1.807) is 4.90 Å². The van der Waals surface area contributed by atoms with Crippen molar-refractivity contribution in [2.45, 2.75) is 32.9 Å². The standard InChI is InChI=1S/C18H26N2O4/c1-14(2)20(11-16-8-9-19(10-16)12-17(21)22)18(23)24-13-15-6-4-3-5-7-15/h3-7,14,16H,8-13H2,1-2H3,(H,21,22)/t16-/m0/s1. The van der Waals surface area contributed by atoms with Gasteiger partial charge in [0, 0.05) is 19.1 Å². The largest absolute Gasteiger partial charge is 0.480 e. The van der Waals surface area contributed by atoms with Crippen molar-refractivity contribution in [2.75, 3.05) is 26.2 Å². The molecule has 1 aliphatic rings. The van der Waals surface area contributed by atoms with Gasteiger partial charge in [0.05, 0.1) is 6.54 Å². The highest BCUT2D eigenvalue weighted by Gasteiger charge is 2.29. The molecular weight excluding hydrogens is 308 g/mol. The molecule has 1 aromatic carbocycles. The summed E-state index contributed by atoms with van der Waals surface area (Å²) in [7, 11) is 0. The Bertz CT molecular complexity index is 547. The van der Waals surface area contributed by atoms with Gasteiger partial charge in [-0.3, -0.25) is 9.69 Å². The highest BCUT2D eigenvalue weighted by Crippen LogP contribution is 2.19. The van der Waals surface area contributed by atoms with Crippen LogP contribution in [0.5, 0.6) is 0 Å². The third kappa shape index (κ3) is 5.53. The molecule has 0 aliphatic carbocycles. The summed E-state index contributed by atoms with van der Waals surface area (Å²) in [5.74, 6) is -0.519. The van der Waals surface area contributed by atoms with Crippen LogP contribution in [0.25, 0.3) is 0 Å². The Morgan fingerprint density at radius 2 is 2.04 bits per heavy atom. The third-order valence-electron chi connectivity index (χ3n) is 4.25. The number of likely N-dealkylation sites (tertiary alicyclic amines) is 1. The summed E-state index contributed by atoms with van der Waals surface area (Å²) in [6.07, 6.45) is 0.591. The molecule has 6 heteroatoms. The molecule has 1 atom stereocenters. The van der Waals surface area contributed by atoms with Crippen LogP contribution in [0.15, 0.2) is 30.3 Å². The number of ether oxygens (including phenoxy) is 1. The van der Waals surface area contributed by atoms with Crippen molar-refractivity contribution >= 4 is 12.1 Å². The van der Waals surface area contributed by atoms with Crippen LogP contribution in [-0.4, -0.2) is 59.2 Å². The molecular formula is C18H26N2O4. The Morgan fingerprint density at radius 1 is 1.33 bits per heavy atom. The number of carboxylic acid groups (broad SMARTS) is 1. The van der Waals surface area contributed by atoms with Crippen LogP contribution in [0.3, 0.4) is 0 Å². The minimum atomic E-state index is -0.807. The molecule has 6 nitrogen and oxygen atoms in total. The topological polar surface area (TPSA) is 70.1 Å². The van der Waals surface area contributed by atoms with E-state index in [1.165, 1.54) is 0 Å². The molecule has 0 unspecified atom stereocenters. The third-order valence-corrected chi connectivity index (χ3v) is 4.25. The van der Waals surface area contributed by atoms with E-state index in [-0.39, 0.29) is 31.2 Å². The smallest absolute Gasteiger partial charge is 0.410 e. The number of carbonyl (C=O) groups is 2. The minimum absolute atomic E-state index is 0.0433. The van der Waals surface area contributed by atoms with Gasteiger partial charge in [0.1, 0.15) is 6.61 Å². The highest BCUT2D eigenvalue weighted by atomic mass is 16.6. The fourth-order valence-corrected chi connectivity index (χ4v) is 2.97. The van der Waals surface area contributed by atoms with Gasteiger partial charge < -0.3 is 14.7 Å². The average molecular weight is 334 g/mol. The van der Waals surface area contributed by atoms with Crippen molar-refractivity contribution in [3.8, 4) is 0 Å². The quantitative estimate of drug-likeness (QED) is 0.829. The molecule has 24 heavy (non-hydrogen) atoms. The molecule has 1 aromatic rings. The predicted octanol–water partition coefficient (Wildman–Crippen LogP) is 2.44. The summed E-state index contributed by atoms with van der Waals surface area (Å²) in [6.45, 7) is 6.34. The lowest BCUT2D eigenvalue weighted by Crippen LogP contribution is -2.41. The molecule has 1 fully saturated rings. The van der Waals surface area contributed by atoms with E-state index < -0.39 is 5.97 Å². The van der Waals surface area contributed by atoms with Crippen molar-refractivity contribution < 1.29 is 19.4 Å². The van der Waals surface area contributed by atoms with Crippen molar-refractivity contribution in [3.05, 3.63) is 35.9 Å². The second-order valence-corrected chi connectivity index (χ2v) is 6.57. The number of benzene rings is 1. The molecule has 0 radical (unpaired) electrons. The van der Waals surface area contributed by atoms with Gasteiger partial charge >= 0.3 is 12.1 Å². The molecule has 132 valence electrons. The first-order valence-corrected chi connectivity index (χ1v) is 8.37. The van der Waals surface area contributed by atoms with Crippen LogP contribution in [0.2, 0.25) is 0 Å². The second-order valence-electron chi connectivity index (χ2n) is 6.57. The number of hydrogen-bond donors (Lipinski definition) is 1. The molecule has 0 aromatic heterocycles. The van der Waals surface area contributed by atoms with Crippen LogP contribution in [-0.2, 0) is 16.1 Å². The van der Waals surface area contributed by atoms with Crippen molar-refractivity contribution in [2.24, 2.45) is 5.92 Å². The summed E-state index contributed by atoms with van der Waals surface area (Å²) < 4.78 is 5.43. The van der Waals surface area contributed by atoms with Crippen molar-refractivity contribution in [1.82, 2.24) is 9.80 Å². The van der Waals surface area contributed by atoms with Crippen LogP contribution >= 0.6 is 0 Å². The SMILES string of the molecule is CC(C)N(C[C@H]1CCN(CC(=O)O)C1)C(=O)OCc1ccccc1. The lowest BCUT2D eigenvalue weighted by Gasteiger charge is -2.28. The Hall–Kier alpha value is -2.08. The number of amides is 1. The van der Waals surface area contributed by atoms with E-state index in [2.05, 4.69) is 0 Å². The zero-order chi connectivity index (χ0) is 17.5. The Balaban J connectivity index is 1.85. The Labute approximate surface area is 143 Å². The number of hydrogen-bond acceptors (Lipinski definition) is 4. The summed E-state index contributed by atoms with van der Waals surface area (Å²) in [4.78, 5) is 26.8. The van der Waals surface area contributed by atoms with Gasteiger partial charge in [-0.2, -0.15) is 0 Å². The molecule has 1 saturated heterocycles. The van der Waals surface area contributed by atoms with Gasteiger partial charge in [-0.05, 0) is 38.3 Å². The molecule has 2 rings (SSSR count). The van der Waals surface area contributed by atoms with Crippen LogP contribution in [0.4, 0.5) is 4.79 Å². The van der Waals surface area contributed by atoms with Crippen LogP contribution in [0.1, 0.15) is 25.8 Å². The average Bonchev–Trinajstić information content (AvgIpc) is 2.97. The van der Waals surface area contributed by atoms with Crippen molar-refractivity contribution in [1.29, 1.82) is 0 Å². The van der Waals surface area contributed by atoms with Gasteiger partial charge in [0.2, 0.25) is 0 Å². The first-order valence-electron chi connectivity index (χ1n) is 8.37. The Morgan fingerprint density at radius 3 is 2.67 bits per heavy atom. The minimum Gasteiger partial charge on any atom is -0.480 e. The lowest BCUT2D eigenvalue weighted by molar-refractivity contribution is -0.138. The summed E-state index contributed by atoms with van der Waals surface area (Å²) in [5, 5.41) is 8.87. The molecule has 0 spiro atoms. The molecule has 0 bridgehead atoms. The van der Waals surface area contributed by atoms with E-state index in [0.717, 1.165) is 18.5 Å². The van der Waals surface area contributed by atoms with E-state index >= 15 is 0 Å². The lowest BCUT2D eigenvalue weighted by atomic mass is 10.1. The highest BCUT2D eigenvalue weighted by molar-refractivity contribution is 5.69. The number of nitrogens with zero attached hydrogens (tertiary/aromatic N) is 2. The van der Waals surface area contributed by atoms with E-state index in [9.17, 15) is 9.59 Å². The van der Waals surface area contributed by atoms with Gasteiger partial charge in [-0.25, -0.2) is 4.79 Å². The predicted molar refractivity (Wildman–Crippen MR) is 90.7 cm³/mol. The van der Waals surface area contributed by atoms with Crippen LogP contribution < -0.4 is 0 Å². The van der Waals surface area contributed by atoms with E-state index in [1.807, 2.05) is 49.1 Å². The van der Waals surface area contributed by atoms with Gasteiger partial charge in [-0.15, -0.1) is 0 Å². The first kappa shape index (κ1) is 18.3. The van der Waals surface area contributed by atoms with E-state index in [0.29, 0.717) is 13.1 Å². The maximum absolute atomic E-state index is 12.4. The molecule has 1 aliphatic heterocycles. The maximum Gasteiger partial charge on any atom is 0.410 e. The number of aliphatic carboxylic acids is 1. The molecule has 1 heterocycles. The van der Waals surface area contributed by atoms with Crippen LogP contribution in [0, 0.1) is 5.92 Å². The monoisotopic (exact) mass is 334 g/mol. The maximum atomic E-state index is 12.4. The number of carboxylic acids is 1. The fourth-order valence-electron chi connectivity index (χ4n) is 2.97. The number of rotatable bonds is 7. The molecule has 1 N–H and O–H groups in total. The summed E-state index contributed by atoms with van der Waals surface area (Å²) >= 11 is 0. The van der Waals surface area contributed by atoms with Gasteiger partial charge in [0.25, 0.3) is 0 Å². The number of carbonyl (C=O) groups excluding carboxylic acids is 1. The zero-order valence-corrected chi connectivity index (χ0v) is 14.4. The summed E-state index contributed by atoms with van der Waals surface area (Å²) in [6, 6.07) is 9.65. The molecule has 0 saturated carbocycles. The fraction of sp³-hybridized carbons (Fsp3) is 0.556. The Kier molecular flexibility index (Phi) is 6.61. The normalized spacial score (nSPS) is 17.9. The van der Waals surface area contributed by atoms with Gasteiger partial charge in [-0.1, -0.05) is 30.3 Å². The van der Waals surface area contributed by atoms with Gasteiger partial charge in [0.15, 0.2) is 0 Å². The van der Waals surface area contributed by atoms with E-state index in [4.69, 9.17) is 9.84 Å². The zero-order valence-electron chi connectivity index (χ0n) is 14.4. The first-order chi connectivity index (χ1) is 11.5.